The lowest BCUT2D eigenvalue weighted by Crippen LogP contribution is -2.34. The minimum atomic E-state index is -0.798. The van der Waals surface area contributed by atoms with Crippen LogP contribution in [0, 0.1) is 0 Å². The van der Waals surface area contributed by atoms with Gasteiger partial charge in [0.1, 0.15) is 5.76 Å². The molecule has 0 saturated carbocycles. The molecule has 1 aromatic carbocycles. The number of pyridine rings is 1. The number of carbonyl (C=O) groups is 1. The van der Waals surface area contributed by atoms with E-state index in [-0.39, 0.29) is 24.1 Å². The van der Waals surface area contributed by atoms with Gasteiger partial charge in [0, 0.05) is 30.9 Å². The van der Waals surface area contributed by atoms with Crippen molar-refractivity contribution in [2.24, 2.45) is 0 Å². The summed E-state index contributed by atoms with van der Waals surface area (Å²) in [5, 5.41) is 14.5. The molecule has 0 aliphatic heterocycles. The second kappa shape index (κ2) is 8.60. The van der Waals surface area contributed by atoms with Crippen molar-refractivity contribution < 1.29 is 14.4 Å². The lowest BCUT2D eigenvalue weighted by Gasteiger charge is -2.25. The van der Waals surface area contributed by atoms with E-state index in [9.17, 15) is 9.90 Å². The number of aromatic nitrogens is 2. The van der Waals surface area contributed by atoms with Crippen molar-refractivity contribution in [3.63, 3.8) is 0 Å². The highest BCUT2D eigenvalue weighted by Gasteiger charge is 2.24. The van der Waals surface area contributed by atoms with E-state index >= 15 is 0 Å². The normalized spacial score (nSPS) is 12.1. The van der Waals surface area contributed by atoms with Crippen molar-refractivity contribution in [2.75, 3.05) is 6.54 Å². The van der Waals surface area contributed by atoms with Gasteiger partial charge in [0.2, 0.25) is 0 Å². The van der Waals surface area contributed by atoms with Crippen LogP contribution in [0.3, 0.4) is 0 Å². The summed E-state index contributed by atoms with van der Waals surface area (Å²) in [6, 6.07) is 14.6. The van der Waals surface area contributed by atoms with Crippen LogP contribution in [0.5, 0.6) is 0 Å². The van der Waals surface area contributed by atoms with Crippen LogP contribution in [0.4, 0.5) is 0 Å². The van der Waals surface area contributed by atoms with Crippen molar-refractivity contribution in [3.05, 3.63) is 83.5 Å². The zero-order chi connectivity index (χ0) is 19.2. The Labute approximate surface area is 158 Å². The van der Waals surface area contributed by atoms with Crippen LogP contribution in [0.15, 0.2) is 65.4 Å². The van der Waals surface area contributed by atoms with E-state index in [0.717, 1.165) is 11.1 Å². The summed E-state index contributed by atoms with van der Waals surface area (Å²) in [4.78, 5) is 18.6. The predicted octanol–water partition coefficient (Wildman–Crippen LogP) is 3.57. The molecule has 0 bridgehead atoms. The molecule has 1 unspecified atom stereocenters. The number of hydrogen-bond donors (Lipinski definition) is 1. The first-order valence-electron chi connectivity index (χ1n) is 8.92. The van der Waals surface area contributed by atoms with Crippen molar-refractivity contribution in [1.29, 1.82) is 0 Å². The molecule has 2 heterocycles. The number of rotatable bonds is 7. The summed E-state index contributed by atoms with van der Waals surface area (Å²) in [6.07, 6.45) is 2.56. The van der Waals surface area contributed by atoms with Crippen LogP contribution in [-0.4, -0.2) is 32.6 Å². The first kappa shape index (κ1) is 18.8. The highest BCUT2D eigenvalue weighted by Crippen LogP contribution is 2.20. The average molecular weight is 365 g/mol. The topological polar surface area (TPSA) is 79.5 Å². The smallest absolute Gasteiger partial charge is 0.276 e. The maximum atomic E-state index is 13.0. The van der Waals surface area contributed by atoms with Gasteiger partial charge in [0.15, 0.2) is 5.69 Å². The summed E-state index contributed by atoms with van der Waals surface area (Å²) in [5.74, 6) is 0.519. The maximum Gasteiger partial charge on any atom is 0.276 e. The van der Waals surface area contributed by atoms with Crippen LogP contribution < -0.4 is 0 Å². The highest BCUT2D eigenvalue weighted by atomic mass is 16.5. The summed E-state index contributed by atoms with van der Waals surface area (Å²) < 4.78 is 5.27. The van der Waals surface area contributed by atoms with Crippen molar-refractivity contribution >= 4 is 5.91 Å². The number of aliphatic hydroxyl groups is 1. The van der Waals surface area contributed by atoms with Gasteiger partial charge in [-0.15, -0.1) is 0 Å². The van der Waals surface area contributed by atoms with Gasteiger partial charge in [-0.3, -0.25) is 9.78 Å². The fourth-order valence-corrected chi connectivity index (χ4v) is 2.74. The molecule has 1 N–H and O–H groups in total. The number of benzene rings is 1. The number of hydrogen-bond acceptors (Lipinski definition) is 5. The Bertz CT molecular complexity index is 863. The van der Waals surface area contributed by atoms with Crippen LogP contribution in [0.1, 0.15) is 53.2 Å². The molecular weight excluding hydrogens is 342 g/mol. The molecule has 27 heavy (non-hydrogen) atoms. The molecule has 0 aliphatic rings. The molecule has 6 nitrogen and oxygen atoms in total. The third kappa shape index (κ3) is 4.80. The molecule has 6 heteroatoms. The van der Waals surface area contributed by atoms with E-state index in [4.69, 9.17) is 4.52 Å². The SMILES string of the molecule is CC(C)c1cc(C(=O)N(Cc2ccncc2)CC(O)c2ccccc2)no1. The molecular formula is C21H23N3O3. The number of nitrogens with zero attached hydrogens (tertiary/aromatic N) is 3. The molecule has 2 aromatic heterocycles. The van der Waals surface area contributed by atoms with E-state index in [0.29, 0.717) is 12.3 Å². The first-order valence-corrected chi connectivity index (χ1v) is 8.92. The fraction of sp³-hybridized carbons (Fsp3) is 0.286. The summed E-state index contributed by atoms with van der Waals surface area (Å²) >= 11 is 0. The van der Waals surface area contributed by atoms with E-state index < -0.39 is 6.10 Å². The van der Waals surface area contributed by atoms with E-state index in [2.05, 4.69) is 10.1 Å². The van der Waals surface area contributed by atoms with E-state index in [1.807, 2.05) is 56.3 Å². The largest absolute Gasteiger partial charge is 0.387 e. The quantitative estimate of drug-likeness (QED) is 0.692. The average Bonchev–Trinajstić information content (AvgIpc) is 3.19. The Morgan fingerprint density at radius 1 is 1.15 bits per heavy atom. The van der Waals surface area contributed by atoms with Gasteiger partial charge >= 0.3 is 0 Å². The van der Waals surface area contributed by atoms with Crippen molar-refractivity contribution in [2.45, 2.75) is 32.4 Å². The Morgan fingerprint density at radius 2 is 1.85 bits per heavy atom. The van der Waals surface area contributed by atoms with E-state index in [1.165, 1.54) is 0 Å². The molecule has 3 rings (SSSR count). The minimum Gasteiger partial charge on any atom is -0.387 e. The van der Waals surface area contributed by atoms with Gasteiger partial charge in [0.05, 0.1) is 12.6 Å². The third-order valence-electron chi connectivity index (χ3n) is 4.30. The van der Waals surface area contributed by atoms with Crippen molar-refractivity contribution in [3.8, 4) is 0 Å². The summed E-state index contributed by atoms with van der Waals surface area (Å²) in [7, 11) is 0. The van der Waals surface area contributed by atoms with Gasteiger partial charge in [-0.25, -0.2) is 0 Å². The van der Waals surface area contributed by atoms with Gasteiger partial charge in [-0.2, -0.15) is 0 Å². The van der Waals surface area contributed by atoms with Gasteiger partial charge < -0.3 is 14.5 Å². The molecule has 0 radical (unpaired) electrons. The number of amides is 1. The van der Waals surface area contributed by atoms with Gasteiger partial charge in [-0.1, -0.05) is 49.3 Å². The molecule has 140 valence electrons. The number of carbonyl (C=O) groups excluding carboxylic acids is 1. The molecule has 0 saturated heterocycles. The van der Waals surface area contributed by atoms with Crippen molar-refractivity contribution in [1.82, 2.24) is 15.0 Å². The minimum absolute atomic E-state index is 0.141. The van der Waals surface area contributed by atoms with E-state index in [1.54, 1.807) is 23.4 Å². The molecule has 0 spiro atoms. The predicted molar refractivity (Wildman–Crippen MR) is 101 cm³/mol. The third-order valence-corrected chi connectivity index (χ3v) is 4.30. The fourth-order valence-electron chi connectivity index (χ4n) is 2.74. The van der Waals surface area contributed by atoms with Gasteiger partial charge in [-0.05, 0) is 23.3 Å². The standard InChI is InChI=1S/C21H23N3O3/c1-15(2)20-12-18(23-27-20)21(26)24(13-16-8-10-22-11-9-16)14-19(25)17-6-4-3-5-7-17/h3-12,15,19,25H,13-14H2,1-2H3. The molecule has 1 atom stereocenters. The van der Waals surface area contributed by atoms with Crippen LogP contribution in [0.25, 0.3) is 0 Å². The summed E-state index contributed by atoms with van der Waals surface area (Å²) in [5.41, 5.74) is 1.92. The first-order chi connectivity index (χ1) is 13.0. The molecule has 0 aliphatic carbocycles. The van der Waals surface area contributed by atoms with Gasteiger partial charge in [0.25, 0.3) is 5.91 Å². The highest BCUT2D eigenvalue weighted by molar-refractivity contribution is 5.92. The van der Waals surface area contributed by atoms with Crippen LogP contribution >= 0.6 is 0 Å². The Balaban J connectivity index is 1.83. The Morgan fingerprint density at radius 3 is 2.48 bits per heavy atom. The Hall–Kier alpha value is -2.99. The summed E-state index contributed by atoms with van der Waals surface area (Å²) in [6.45, 7) is 4.44. The van der Waals surface area contributed by atoms with Crippen LogP contribution in [-0.2, 0) is 6.54 Å². The zero-order valence-corrected chi connectivity index (χ0v) is 15.4. The second-order valence-corrected chi connectivity index (χ2v) is 6.74. The maximum absolute atomic E-state index is 13.0. The lowest BCUT2D eigenvalue weighted by atomic mass is 10.1. The lowest BCUT2D eigenvalue weighted by molar-refractivity contribution is 0.0594. The Kier molecular flexibility index (Phi) is 5.98. The molecule has 3 aromatic rings. The monoisotopic (exact) mass is 365 g/mol. The zero-order valence-electron chi connectivity index (χ0n) is 15.4. The molecule has 1 amide bonds. The molecule has 0 fully saturated rings. The second-order valence-electron chi connectivity index (χ2n) is 6.74. The van der Waals surface area contributed by atoms with Crippen LogP contribution in [0.2, 0.25) is 0 Å². The number of aliphatic hydroxyl groups excluding tert-OH is 1.